The lowest BCUT2D eigenvalue weighted by molar-refractivity contribution is 0.476. The Morgan fingerprint density at radius 1 is 0.867 bits per heavy atom. The van der Waals surface area contributed by atoms with Gasteiger partial charge in [0.25, 0.3) is 10.0 Å². The van der Waals surface area contributed by atoms with Crippen molar-refractivity contribution in [1.29, 1.82) is 0 Å². The van der Waals surface area contributed by atoms with Crippen molar-refractivity contribution in [2.45, 2.75) is 17.7 Å². The van der Waals surface area contributed by atoms with Gasteiger partial charge in [0.1, 0.15) is 5.75 Å². The number of fused-ring (bicyclic) bond motifs is 1. The Hall–Kier alpha value is -2.25. The second-order valence-electron chi connectivity index (χ2n) is 7.02. The standard InChI is InChI=1S/C22H21ClN2O3S.ClH/c23-19-5-1-15(2-6-19)16-3-7-20(8-4-16)29(27,28)25-21-13-17-9-11-24-12-10-18(17)14-22(21)26;/h1-8,13-14,24-26H,9-12H2;1H. The minimum Gasteiger partial charge on any atom is -0.506 e. The van der Waals surface area contributed by atoms with Gasteiger partial charge >= 0.3 is 0 Å². The molecule has 1 aliphatic heterocycles. The van der Waals surface area contributed by atoms with Gasteiger partial charge < -0.3 is 10.4 Å². The third-order valence-corrected chi connectivity index (χ3v) is 6.68. The van der Waals surface area contributed by atoms with Gasteiger partial charge in [0.05, 0.1) is 10.6 Å². The van der Waals surface area contributed by atoms with Crippen LogP contribution in [0.2, 0.25) is 5.02 Å². The lowest BCUT2D eigenvalue weighted by atomic mass is 10.0. The van der Waals surface area contributed by atoms with Crippen molar-refractivity contribution in [2.24, 2.45) is 0 Å². The van der Waals surface area contributed by atoms with Crippen LogP contribution in [0.4, 0.5) is 5.69 Å². The average Bonchev–Trinajstić information content (AvgIpc) is 2.94. The van der Waals surface area contributed by atoms with Crippen LogP contribution in [0.3, 0.4) is 0 Å². The molecular formula is C22H22Cl2N2O3S. The van der Waals surface area contributed by atoms with Gasteiger partial charge in [-0.3, -0.25) is 4.72 Å². The topological polar surface area (TPSA) is 78.4 Å². The molecule has 0 saturated heterocycles. The van der Waals surface area contributed by atoms with Gasteiger partial charge in [0, 0.05) is 5.02 Å². The average molecular weight is 465 g/mol. The highest BCUT2D eigenvalue weighted by molar-refractivity contribution is 7.92. The molecule has 158 valence electrons. The van der Waals surface area contributed by atoms with E-state index in [0.717, 1.165) is 48.2 Å². The Balaban J connectivity index is 0.00000256. The third kappa shape index (κ3) is 4.90. The predicted octanol–water partition coefficient (Wildman–Crippen LogP) is 4.62. The van der Waals surface area contributed by atoms with Crippen LogP contribution in [0.5, 0.6) is 5.75 Å². The molecule has 3 aromatic rings. The second kappa shape index (κ2) is 9.27. The van der Waals surface area contributed by atoms with Crippen LogP contribution in [0.1, 0.15) is 11.1 Å². The molecule has 3 aromatic carbocycles. The first-order valence-electron chi connectivity index (χ1n) is 9.37. The van der Waals surface area contributed by atoms with Crippen LogP contribution in [-0.2, 0) is 22.9 Å². The number of benzene rings is 3. The fraction of sp³-hybridized carbons (Fsp3) is 0.182. The number of hydrogen-bond donors (Lipinski definition) is 3. The van der Waals surface area contributed by atoms with E-state index < -0.39 is 10.0 Å². The summed E-state index contributed by atoms with van der Waals surface area (Å²) in [4.78, 5) is 0.131. The van der Waals surface area contributed by atoms with E-state index in [1.54, 1.807) is 48.5 Å². The first kappa shape index (κ1) is 22.4. The van der Waals surface area contributed by atoms with Crippen LogP contribution in [-0.4, -0.2) is 26.6 Å². The van der Waals surface area contributed by atoms with Crippen LogP contribution < -0.4 is 10.0 Å². The molecule has 0 bridgehead atoms. The van der Waals surface area contributed by atoms with Gasteiger partial charge in [-0.2, -0.15) is 0 Å². The van der Waals surface area contributed by atoms with Crippen LogP contribution in [0.25, 0.3) is 11.1 Å². The molecule has 0 aliphatic carbocycles. The zero-order valence-corrected chi connectivity index (χ0v) is 18.4. The third-order valence-electron chi connectivity index (χ3n) is 5.05. The lowest BCUT2D eigenvalue weighted by Gasteiger charge is -2.14. The molecule has 5 nitrogen and oxygen atoms in total. The summed E-state index contributed by atoms with van der Waals surface area (Å²) in [6.07, 6.45) is 1.60. The molecule has 0 unspecified atom stereocenters. The molecule has 30 heavy (non-hydrogen) atoms. The first-order valence-corrected chi connectivity index (χ1v) is 11.2. The van der Waals surface area contributed by atoms with Gasteiger partial charge in [-0.1, -0.05) is 35.9 Å². The molecule has 0 atom stereocenters. The van der Waals surface area contributed by atoms with Crippen molar-refractivity contribution in [2.75, 3.05) is 17.8 Å². The van der Waals surface area contributed by atoms with E-state index in [2.05, 4.69) is 10.0 Å². The fourth-order valence-corrected chi connectivity index (χ4v) is 4.66. The highest BCUT2D eigenvalue weighted by atomic mass is 35.5. The first-order chi connectivity index (χ1) is 13.9. The van der Waals surface area contributed by atoms with E-state index in [1.165, 1.54) is 0 Å². The maximum absolute atomic E-state index is 12.8. The summed E-state index contributed by atoms with van der Waals surface area (Å²) < 4.78 is 28.2. The van der Waals surface area contributed by atoms with Gasteiger partial charge in [0.2, 0.25) is 0 Å². The number of rotatable bonds is 4. The number of hydrogen-bond acceptors (Lipinski definition) is 4. The van der Waals surface area contributed by atoms with E-state index in [4.69, 9.17) is 11.6 Å². The predicted molar refractivity (Wildman–Crippen MR) is 123 cm³/mol. The normalized spacial score (nSPS) is 13.6. The van der Waals surface area contributed by atoms with Crippen molar-refractivity contribution in [3.05, 3.63) is 76.8 Å². The highest BCUT2D eigenvalue weighted by Gasteiger charge is 2.19. The van der Waals surface area contributed by atoms with Gasteiger partial charge in [-0.05, 0) is 84.6 Å². The zero-order valence-electron chi connectivity index (χ0n) is 16.1. The van der Waals surface area contributed by atoms with Crippen LogP contribution in [0, 0.1) is 0 Å². The Bertz CT molecular complexity index is 1130. The number of halogens is 2. The molecule has 1 heterocycles. The molecule has 4 rings (SSSR count). The number of aromatic hydroxyl groups is 1. The highest BCUT2D eigenvalue weighted by Crippen LogP contribution is 2.31. The molecule has 0 saturated carbocycles. The van der Waals surface area contributed by atoms with Gasteiger partial charge in [-0.25, -0.2) is 8.42 Å². The molecule has 0 amide bonds. The lowest BCUT2D eigenvalue weighted by Crippen LogP contribution is -2.16. The van der Waals surface area contributed by atoms with E-state index in [9.17, 15) is 13.5 Å². The molecule has 0 aromatic heterocycles. The largest absolute Gasteiger partial charge is 0.506 e. The maximum atomic E-state index is 12.8. The smallest absolute Gasteiger partial charge is 0.262 e. The number of phenolic OH excluding ortho intramolecular Hbond substituents is 1. The Labute approximate surface area is 187 Å². The maximum Gasteiger partial charge on any atom is 0.262 e. The number of phenols is 1. The van der Waals surface area contributed by atoms with Crippen molar-refractivity contribution in [3.8, 4) is 16.9 Å². The van der Waals surface area contributed by atoms with Gasteiger partial charge in [0.15, 0.2) is 0 Å². The number of nitrogens with one attached hydrogen (secondary N) is 2. The summed E-state index contributed by atoms with van der Waals surface area (Å²) in [6.45, 7) is 1.67. The Morgan fingerprint density at radius 2 is 1.40 bits per heavy atom. The summed E-state index contributed by atoms with van der Waals surface area (Å²) in [5, 5.41) is 14.3. The summed E-state index contributed by atoms with van der Waals surface area (Å²) in [6, 6.07) is 17.3. The minimum absolute atomic E-state index is 0. The second-order valence-corrected chi connectivity index (χ2v) is 9.14. The Kier molecular flexibility index (Phi) is 6.93. The van der Waals surface area contributed by atoms with Crippen molar-refractivity contribution >= 4 is 39.7 Å². The SMILES string of the molecule is Cl.O=S(=O)(Nc1cc2c(cc1O)CCNCC2)c1ccc(-c2ccc(Cl)cc2)cc1. The summed E-state index contributed by atoms with van der Waals surface area (Å²) >= 11 is 5.92. The van der Waals surface area contributed by atoms with Crippen LogP contribution >= 0.6 is 24.0 Å². The number of sulfonamides is 1. The molecule has 0 spiro atoms. The summed E-state index contributed by atoms with van der Waals surface area (Å²) in [5.74, 6) is -0.0630. The fourth-order valence-electron chi connectivity index (χ4n) is 3.47. The van der Waals surface area contributed by atoms with E-state index in [-0.39, 0.29) is 28.7 Å². The molecule has 0 radical (unpaired) electrons. The Morgan fingerprint density at radius 3 is 2.00 bits per heavy atom. The molecule has 0 fully saturated rings. The van der Waals surface area contributed by atoms with Crippen molar-refractivity contribution in [1.82, 2.24) is 5.32 Å². The monoisotopic (exact) mass is 464 g/mol. The van der Waals surface area contributed by atoms with E-state index >= 15 is 0 Å². The van der Waals surface area contributed by atoms with E-state index in [0.29, 0.717) is 5.02 Å². The minimum atomic E-state index is -3.82. The van der Waals surface area contributed by atoms with Crippen molar-refractivity contribution in [3.63, 3.8) is 0 Å². The van der Waals surface area contributed by atoms with Crippen molar-refractivity contribution < 1.29 is 13.5 Å². The zero-order chi connectivity index (χ0) is 20.4. The quantitative estimate of drug-likeness (QED) is 0.492. The molecule has 8 heteroatoms. The van der Waals surface area contributed by atoms with Gasteiger partial charge in [-0.15, -0.1) is 12.4 Å². The molecule has 3 N–H and O–H groups in total. The molecular weight excluding hydrogens is 443 g/mol. The summed E-state index contributed by atoms with van der Waals surface area (Å²) in [7, 11) is -3.82. The summed E-state index contributed by atoms with van der Waals surface area (Å²) in [5.41, 5.74) is 4.13. The number of anilines is 1. The van der Waals surface area contributed by atoms with Crippen LogP contribution in [0.15, 0.2) is 65.6 Å². The van der Waals surface area contributed by atoms with E-state index in [1.807, 2.05) is 12.1 Å². The molecule has 1 aliphatic rings.